The van der Waals surface area contributed by atoms with Crippen molar-refractivity contribution in [3.05, 3.63) is 0 Å². The number of hydrogen-bond acceptors (Lipinski definition) is 3. The predicted molar refractivity (Wildman–Crippen MR) is 44.4 cm³/mol. The maximum Gasteiger partial charge on any atom is 0.304 e. The van der Waals surface area contributed by atoms with Crippen LogP contribution in [0.1, 0.15) is 6.42 Å². The van der Waals surface area contributed by atoms with Gasteiger partial charge in [0.2, 0.25) is 0 Å². The molecule has 0 bridgehead atoms. The van der Waals surface area contributed by atoms with E-state index in [1.165, 1.54) is 0 Å². The number of carboxylic acids is 1. The molecular weight excluding hydrogens is 177 g/mol. The summed E-state index contributed by atoms with van der Waals surface area (Å²) in [7, 11) is 1.72. The second-order valence-corrected chi connectivity index (χ2v) is 3.25. The van der Waals surface area contributed by atoms with Gasteiger partial charge in [0.1, 0.15) is 6.17 Å². The minimum absolute atomic E-state index is 0.0414. The lowest BCUT2D eigenvalue weighted by Gasteiger charge is -2.23. The van der Waals surface area contributed by atoms with E-state index in [-0.39, 0.29) is 19.1 Å². The number of nitrogens with zero attached hydrogens (tertiary/aromatic N) is 1. The summed E-state index contributed by atoms with van der Waals surface area (Å²) in [4.78, 5) is 11.9. The highest BCUT2D eigenvalue weighted by atomic mass is 19.1. The lowest BCUT2D eigenvalue weighted by atomic mass is 10.2. The van der Waals surface area contributed by atoms with Crippen molar-refractivity contribution in [2.24, 2.45) is 0 Å². The van der Waals surface area contributed by atoms with Crippen molar-refractivity contribution >= 4 is 5.97 Å². The number of alkyl halides is 1. The molecular formula is C8H14FNO3. The molecule has 1 aliphatic rings. The quantitative estimate of drug-likeness (QED) is 0.686. The monoisotopic (exact) mass is 191 g/mol. The van der Waals surface area contributed by atoms with E-state index in [1.54, 1.807) is 11.9 Å². The fraction of sp³-hybridized carbons (Fsp3) is 0.875. The average molecular weight is 191 g/mol. The summed E-state index contributed by atoms with van der Waals surface area (Å²) in [6.45, 7) is 0.850. The Hall–Kier alpha value is -0.680. The van der Waals surface area contributed by atoms with Gasteiger partial charge in [-0.1, -0.05) is 0 Å². The molecule has 0 aromatic heterocycles. The first-order chi connectivity index (χ1) is 6.11. The third-order valence-corrected chi connectivity index (χ3v) is 2.23. The van der Waals surface area contributed by atoms with Crippen LogP contribution >= 0.6 is 0 Å². The molecule has 1 aliphatic heterocycles. The minimum Gasteiger partial charge on any atom is -0.481 e. The van der Waals surface area contributed by atoms with Crippen molar-refractivity contribution in [2.45, 2.75) is 18.6 Å². The van der Waals surface area contributed by atoms with Crippen molar-refractivity contribution in [3.8, 4) is 0 Å². The maximum absolute atomic E-state index is 13.0. The maximum atomic E-state index is 13.0. The zero-order valence-corrected chi connectivity index (χ0v) is 7.57. The Bertz CT molecular complexity index is 188. The van der Waals surface area contributed by atoms with E-state index >= 15 is 0 Å². The summed E-state index contributed by atoms with van der Waals surface area (Å²) in [5.74, 6) is -0.860. The third-order valence-electron chi connectivity index (χ3n) is 2.23. The number of halogens is 1. The molecule has 0 aromatic carbocycles. The van der Waals surface area contributed by atoms with Crippen molar-refractivity contribution in [3.63, 3.8) is 0 Å². The molecule has 0 spiro atoms. The molecule has 1 fully saturated rings. The van der Waals surface area contributed by atoms with E-state index in [0.29, 0.717) is 13.2 Å². The predicted octanol–water partition coefficient (Wildman–Crippen LogP) is 0.130. The van der Waals surface area contributed by atoms with Crippen LogP contribution in [0.25, 0.3) is 0 Å². The summed E-state index contributed by atoms with van der Waals surface area (Å²) in [6, 6.07) is -0.278. The summed E-state index contributed by atoms with van der Waals surface area (Å²) >= 11 is 0. The number of ether oxygens (including phenoxy) is 1. The number of hydrogen-bond donors (Lipinski definition) is 1. The van der Waals surface area contributed by atoms with Crippen LogP contribution in [0.2, 0.25) is 0 Å². The van der Waals surface area contributed by atoms with Gasteiger partial charge in [0, 0.05) is 6.54 Å². The summed E-state index contributed by atoms with van der Waals surface area (Å²) < 4.78 is 18.0. The number of rotatable bonds is 4. The van der Waals surface area contributed by atoms with Crippen LogP contribution in [0, 0.1) is 0 Å². The normalized spacial score (nSPS) is 28.2. The average Bonchev–Trinajstić information content (AvgIpc) is 2.47. The number of likely N-dealkylation sites (N-methyl/N-ethyl adjacent to an activating group) is 1. The molecule has 0 unspecified atom stereocenters. The van der Waals surface area contributed by atoms with Crippen LogP contribution in [-0.2, 0) is 9.53 Å². The summed E-state index contributed by atoms with van der Waals surface area (Å²) in [5.41, 5.74) is 0. The molecule has 4 nitrogen and oxygen atoms in total. The van der Waals surface area contributed by atoms with Gasteiger partial charge in [-0.2, -0.15) is 0 Å². The van der Waals surface area contributed by atoms with Gasteiger partial charge < -0.3 is 9.84 Å². The van der Waals surface area contributed by atoms with Gasteiger partial charge in [-0.15, -0.1) is 0 Å². The Kier molecular flexibility index (Phi) is 3.62. The fourth-order valence-electron chi connectivity index (χ4n) is 1.36. The Morgan fingerprint density at radius 3 is 2.85 bits per heavy atom. The molecule has 13 heavy (non-hydrogen) atoms. The molecule has 0 radical (unpaired) electrons. The van der Waals surface area contributed by atoms with E-state index in [9.17, 15) is 9.18 Å². The van der Waals surface area contributed by atoms with E-state index in [4.69, 9.17) is 9.84 Å². The zero-order valence-electron chi connectivity index (χ0n) is 7.57. The van der Waals surface area contributed by atoms with Crippen molar-refractivity contribution in [1.29, 1.82) is 0 Å². The number of carboxylic acid groups (broad SMARTS) is 1. The molecule has 1 N–H and O–H groups in total. The first-order valence-corrected chi connectivity index (χ1v) is 4.25. The second-order valence-electron chi connectivity index (χ2n) is 3.25. The molecule has 0 aromatic rings. The highest BCUT2D eigenvalue weighted by Crippen LogP contribution is 2.14. The molecule has 0 aliphatic carbocycles. The van der Waals surface area contributed by atoms with Crippen LogP contribution < -0.4 is 0 Å². The number of aliphatic carboxylic acids is 1. The van der Waals surface area contributed by atoms with Gasteiger partial charge in [0.25, 0.3) is 0 Å². The van der Waals surface area contributed by atoms with Crippen LogP contribution in [0.4, 0.5) is 4.39 Å². The Morgan fingerprint density at radius 1 is 1.69 bits per heavy atom. The van der Waals surface area contributed by atoms with Crippen molar-refractivity contribution in [1.82, 2.24) is 4.90 Å². The van der Waals surface area contributed by atoms with E-state index in [1.807, 2.05) is 0 Å². The SMILES string of the molecule is CN(CCC(=O)O)[C@@H]1COC[C@H]1F. The standard InChI is InChI=1S/C8H14FNO3/c1-10(3-2-8(11)12)7-5-13-4-6(7)9/h6-7H,2-5H2,1H3,(H,11,12)/t6-,7-/m1/s1. The second kappa shape index (κ2) is 4.53. The van der Waals surface area contributed by atoms with Gasteiger partial charge in [0.05, 0.1) is 25.7 Å². The van der Waals surface area contributed by atoms with Crippen molar-refractivity contribution in [2.75, 3.05) is 26.8 Å². The zero-order chi connectivity index (χ0) is 9.84. The Balaban J connectivity index is 2.29. The van der Waals surface area contributed by atoms with Gasteiger partial charge in [-0.25, -0.2) is 4.39 Å². The van der Waals surface area contributed by atoms with Crippen LogP contribution in [0.5, 0.6) is 0 Å². The molecule has 0 amide bonds. The van der Waals surface area contributed by atoms with Gasteiger partial charge >= 0.3 is 5.97 Å². The summed E-state index contributed by atoms with van der Waals surface area (Å²) in [6.07, 6.45) is -0.946. The molecule has 2 atom stereocenters. The van der Waals surface area contributed by atoms with Crippen LogP contribution in [0.15, 0.2) is 0 Å². The van der Waals surface area contributed by atoms with E-state index < -0.39 is 12.1 Å². The first-order valence-electron chi connectivity index (χ1n) is 4.25. The lowest BCUT2D eigenvalue weighted by molar-refractivity contribution is -0.137. The molecule has 1 saturated heterocycles. The summed E-state index contributed by atoms with van der Waals surface area (Å²) in [5, 5.41) is 8.42. The Labute approximate surface area is 76.3 Å². The first kappa shape index (κ1) is 10.4. The van der Waals surface area contributed by atoms with E-state index in [2.05, 4.69) is 0 Å². The molecule has 1 heterocycles. The van der Waals surface area contributed by atoms with Gasteiger partial charge in [-0.05, 0) is 7.05 Å². The van der Waals surface area contributed by atoms with Crippen LogP contribution in [0.3, 0.4) is 0 Å². The minimum atomic E-state index is -0.987. The van der Waals surface area contributed by atoms with Crippen LogP contribution in [-0.4, -0.2) is 55.0 Å². The highest BCUT2D eigenvalue weighted by molar-refractivity contribution is 5.66. The topological polar surface area (TPSA) is 49.8 Å². The molecule has 76 valence electrons. The van der Waals surface area contributed by atoms with Crippen molar-refractivity contribution < 1.29 is 19.0 Å². The number of carbonyl (C=O) groups is 1. The molecule has 5 heteroatoms. The fourth-order valence-corrected chi connectivity index (χ4v) is 1.36. The third kappa shape index (κ3) is 2.93. The molecule has 1 rings (SSSR count). The van der Waals surface area contributed by atoms with E-state index in [0.717, 1.165) is 0 Å². The van der Waals surface area contributed by atoms with Gasteiger partial charge in [0.15, 0.2) is 0 Å². The Morgan fingerprint density at radius 2 is 2.38 bits per heavy atom. The van der Waals surface area contributed by atoms with Gasteiger partial charge in [-0.3, -0.25) is 9.69 Å². The highest BCUT2D eigenvalue weighted by Gasteiger charge is 2.31. The smallest absolute Gasteiger partial charge is 0.304 e. The molecule has 0 saturated carbocycles. The lowest BCUT2D eigenvalue weighted by Crippen LogP contribution is -2.39. The largest absolute Gasteiger partial charge is 0.481 e.